The first kappa shape index (κ1) is 12.6. The lowest BCUT2D eigenvalue weighted by Gasteiger charge is -2.03. The summed E-state index contributed by atoms with van der Waals surface area (Å²) in [5, 5.41) is 2.73. The van der Waals surface area contributed by atoms with Gasteiger partial charge < -0.3 is 10.1 Å². The third-order valence-corrected chi connectivity index (χ3v) is 2.80. The van der Waals surface area contributed by atoms with Crippen LogP contribution in [0.3, 0.4) is 0 Å². The first-order valence-electron chi connectivity index (χ1n) is 4.93. The van der Waals surface area contributed by atoms with E-state index in [1.165, 1.54) is 7.11 Å². The van der Waals surface area contributed by atoms with Crippen molar-refractivity contribution in [2.45, 2.75) is 19.3 Å². The minimum atomic E-state index is -0.363. The number of carbonyl (C=O) groups excluding carboxylic acids is 2. The molecule has 0 atom stereocenters. The Morgan fingerprint density at radius 1 is 1.50 bits per heavy atom. The number of carbonyl (C=O) groups is 2. The molecular weight excluding hydrogens is 228 g/mol. The van der Waals surface area contributed by atoms with E-state index in [0.29, 0.717) is 6.54 Å². The zero-order chi connectivity index (χ0) is 11.8. The van der Waals surface area contributed by atoms with Crippen molar-refractivity contribution in [2.24, 2.45) is 0 Å². The van der Waals surface area contributed by atoms with Gasteiger partial charge in [-0.15, -0.1) is 11.3 Å². The number of amides is 1. The van der Waals surface area contributed by atoms with Crippen LogP contribution in [0.25, 0.3) is 0 Å². The van der Waals surface area contributed by atoms with Crippen molar-refractivity contribution in [1.29, 1.82) is 0 Å². The normalized spacial score (nSPS) is 9.81. The molecule has 0 aromatic carbocycles. The zero-order valence-electron chi connectivity index (χ0n) is 9.06. The van der Waals surface area contributed by atoms with E-state index in [2.05, 4.69) is 15.0 Å². The molecule has 16 heavy (non-hydrogen) atoms. The Hall–Kier alpha value is -1.43. The van der Waals surface area contributed by atoms with E-state index in [9.17, 15) is 9.59 Å². The third-order valence-electron chi connectivity index (χ3n) is 1.96. The van der Waals surface area contributed by atoms with Crippen molar-refractivity contribution in [3.05, 3.63) is 16.6 Å². The van der Waals surface area contributed by atoms with Crippen LogP contribution >= 0.6 is 11.3 Å². The maximum Gasteiger partial charge on any atom is 0.306 e. The summed E-state index contributed by atoms with van der Waals surface area (Å²) >= 11 is 1.56. The molecule has 0 spiro atoms. The van der Waals surface area contributed by atoms with Gasteiger partial charge in [-0.1, -0.05) is 0 Å². The molecule has 88 valence electrons. The maximum atomic E-state index is 11.3. The lowest BCUT2D eigenvalue weighted by Crippen LogP contribution is -2.25. The molecule has 1 N–H and O–H groups in total. The Labute approximate surface area is 97.8 Å². The number of rotatable bonds is 6. The van der Waals surface area contributed by atoms with Gasteiger partial charge in [0.05, 0.1) is 19.0 Å². The predicted octanol–water partition coefficient (Wildman–Crippen LogP) is 0.755. The van der Waals surface area contributed by atoms with Crippen LogP contribution < -0.4 is 5.32 Å². The number of thiazole rings is 1. The second-order valence-electron chi connectivity index (χ2n) is 3.14. The van der Waals surface area contributed by atoms with Crippen LogP contribution in [0.15, 0.2) is 11.7 Å². The molecule has 0 unspecified atom stereocenters. The summed E-state index contributed by atoms with van der Waals surface area (Å²) in [6.45, 7) is 0.572. The average molecular weight is 242 g/mol. The second kappa shape index (κ2) is 6.95. The van der Waals surface area contributed by atoms with E-state index >= 15 is 0 Å². The summed E-state index contributed by atoms with van der Waals surface area (Å²) in [4.78, 5) is 27.1. The Morgan fingerprint density at radius 2 is 2.31 bits per heavy atom. The smallest absolute Gasteiger partial charge is 0.306 e. The monoisotopic (exact) mass is 242 g/mol. The molecule has 0 aliphatic carbocycles. The minimum Gasteiger partial charge on any atom is -0.469 e. The SMILES string of the molecule is COC(=O)CCC(=O)NCCc1cncs1. The van der Waals surface area contributed by atoms with Crippen molar-refractivity contribution in [2.75, 3.05) is 13.7 Å². The molecule has 0 saturated carbocycles. The van der Waals surface area contributed by atoms with Crippen molar-refractivity contribution in [3.8, 4) is 0 Å². The molecule has 0 radical (unpaired) electrons. The van der Waals surface area contributed by atoms with E-state index in [0.717, 1.165) is 11.3 Å². The van der Waals surface area contributed by atoms with Gasteiger partial charge in [-0.05, 0) is 0 Å². The number of nitrogens with one attached hydrogen (secondary N) is 1. The van der Waals surface area contributed by atoms with Crippen LogP contribution in [0.1, 0.15) is 17.7 Å². The summed E-state index contributed by atoms with van der Waals surface area (Å²) in [6.07, 6.45) is 2.86. The Balaban J connectivity index is 2.09. The van der Waals surface area contributed by atoms with Gasteiger partial charge in [-0.25, -0.2) is 0 Å². The number of aromatic nitrogens is 1. The number of ether oxygens (including phenoxy) is 1. The molecule has 1 rings (SSSR count). The summed E-state index contributed by atoms with van der Waals surface area (Å²) in [5.41, 5.74) is 1.76. The van der Waals surface area contributed by atoms with Crippen LogP contribution in [-0.2, 0) is 20.7 Å². The largest absolute Gasteiger partial charge is 0.469 e. The fraction of sp³-hybridized carbons (Fsp3) is 0.500. The highest BCUT2D eigenvalue weighted by Crippen LogP contribution is 2.04. The van der Waals surface area contributed by atoms with E-state index in [1.54, 1.807) is 23.0 Å². The number of hydrogen-bond acceptors (Lipinski definition) is 5. The molecule has 1 amide bonds. The van der Waals surface area contributed by atoms with Gasteiger partial charge in [0.2, 0.25) is 5.91 Å². The summed E-state index contributed by atoms with van der Waals surface area (Å²) < 4.78 is 4.44. The quantitative estimate of drug-likeness (QED) is 0.748. The highest BCUT2D eigenvalue weighted by Gasteiger charge is 2.06. The number of esters is 1. The van der Waals surface area contributed by atoms with Crippen LogP contribution in [0.4, 0.5) is 0 Å². The predicted molar refractivity (Wildman–Crippen MR) is 60.1 cm³/mol. The fourth-order valence-corrected chi connectivity index (χ4v) is 1.70. The van der Waals surface area contributed by atoms with E-state index in [1.807, 2.05) is 0 Å². The van der Waals surface area contributed by atoms with Gasteiger partial charge in [0, 0.05) is 30.5 Å². The molecule has 0 bridgehead atoms. The summed E-state index contributed by atoms with van der Waals surface area (Å²) in [7, 11) is 1.31. The first-order chi connectivity index (χ1) is 7.72. The van der Waals surface area contributed by atoms with E-state index in [4.69, 9.17) is 0 Å². The first-order valence-corrected chi connectivity index (χ1v) is 5.81. The maximum absolute atomic E-state index is 11.3. The van der Waals surface area contributed by atoms with Gasteiger partial charge in [0.15, 0.2) is 0 Å². The van der Waals surface area contributed by atoms with Gasteiger partial charge in [0.25, 0.3) is 0 Å². The van der Waals surface area contributed by atoms with Gasteiger partial charge in [0.1, 0.15) is 0 Å². The fourth-order valence-electron chi connectivity index (χ4n) is 1.10. The van der Waals surface area contributed by atoms with Crippen molar-refractivity contribution < 1.29 is 14.3 Å². The second-order valence-corrected chi connectivity index (χ2v) is 4.11. The number of nitrogens with zero attached hydrogens (tertiary/aromatic N) is 1. The van der Waals surface area contributed by atoms with Crippen molar-refractivity contribution in [3.63, 3.8) is 0 Å². The summed E-state index contributed by atoms with van der Waals surface area (Å²) in [6, 6.07) is 0. The number of methoxy groups -OCH3 is 1. The zero-order valence-corrected chi connectivity index (χ0v) is 9.88. The number of hydrogen-bond donors (Lipinski definition) is 1. The van der Waals surface area contributed by atoms with Crippen LogP contribution in [0.2, 0.25) is 0 Å². The highest BCUT2D eigenvalue weighted by atomic mass is 32.1. The highest BCUT2D eigenvalue weighted by molar-refractivity contribution is 7.09. The Kier molecular flexibility index (Phi) is 5.49. The van der Waals surface area contributed by atoms with Gasteiger partial charge in [-0.2, -0.15) is 0 Å². The molecule has 0 aliphatic heterocycles. The molecule has 1 aromatic rings. The molecule has 0 fully saturated rings. The topological polar surface area (TPSA) is 68.3 Å². The molecule has 1 aromatic heterocycles. The minimum absolute atomic E-state index is 0.128. The van der Waals surface area contributed by atoms with E-state index in [-0.39, 0.29) is 24.7 Å². The summed E-state index contributed by atoms with van der Waals surface area (Å²) in [5.74, 6) is -0.493. The van der Waals surface area contributed by atoms with Crippen LogP contribution in [0.5, 0.6) is 0 Å². The molecule has 0 saturated heterocycles. The van der Waals surface area contributed by atoms with Crippen molar-refractivity contribution in [1.82, 2.24) is 10.3 Å². The van der Waals surface area contributed by atoms with E-state index < -0.39 is 0 Å². The lowest BCUT2D eigenvalue weighted by atomic mass is 10.3. The van der Waals surface area contributed by atoms with Crippen LogP contribution in [0, 0.1) is 0 Å². The van der Waals surface area contributed by atoms with Crippen LogP contribution in [-0.4, -0.2) is 30.5 Å². The molecular formula is C10H14N2O3S. The van der Waals surface area contributed by atoms with Gasteiger partial charge in [-0.3, -0.25) is 14.6 Å². The molecule has 0 aliphatic rings. The average Bonchev–Trinajstić information content (AvgIpc) is 2.79. The third kappa shape index (κ3) is 4.88. The Morgan fingerprint density at radius 3 is 2.94 bits per heavy atom. The molecule has 1 heterocycles. The Bertz CT molecular complexity index is 338. The molecule has 5 nitrogen and oxygen atoms in total. The lowest BCUT2D eigenvalue weighted by molar-refractivity contribution is -0.142. The van der Waals surface area contributed by atoms with Crippen molar-refractivity contribution >= 4 is 23.2 Å². The standard InChI is InChI=1S/C10H14N2O3S/c1-15-10(14)3-2-9(13)12-5-4-8-6-11-7-16-8/h6-7H,2-5H2,1H3,(H,12,13). The molecule has 6 heteroatoms. The van der Waals surface area contributed by atoms with Gasteiger partial charge >= 0.3 is 5.97 Å².